The Morgan fingerprint density at radius 2 is 2.03 bits per heavy atom. The summed E-state index contributed by atoms with van der Waals surface area (Å²) >= 11 is 0. The number of esters is 1. The number of hydrogen-bond donors (Lipinski definition) is 1. The Morgan fingerprint density at radius 3 is 2.76 bits per heavy atom. The third kappa shape index (κ3) is 4.05. The number of carbonyl (C=O) groups is 1. The van der Waals surface area contributed by atoms with E-state index < -0.39 is 5.97 Å². The first-order chi connectivity index (χ1) is 14.2. The topological polar surface area (TPSA) is 92.3 Å². The molecule has 1 aromatic carbocycles. The largest absolute Gasteiger partial charge is 0.462 e. The van der Waals surface area contributed by atoms with Gasteiger partial charge in [-0.15, -0.1) is 0 Å². The lowest BCUT2D eigenvalue weighted by Gasteiger charge is -2.13. The van der Waals surface area contributed by atoms with Crippen molar-refractivity contribution in [3.8, 4) is 0 Å². The fourth-order valence-corrected chi connectivity index (χ4v) is 3.86. The second kappa shape index (κ2) is 8.78. The first kappa shape index (κ1) is 19.6. The van der Waals surface area contributed by atoms with Gasteiger partial charge in [-0.05, 0) is 31.4 Å². The summed E-state index contributed by atoms with van der Waals surface area (Å²) in [4.78, 5) is 22.4. The molecule has 29 heavy (non-hydrogen) atoms. The normalized spacial score (nSPS) is 16.7. The van der Waals surface area contributed by atoms with Gasteiger partial charge in [-0.1, -0.05) is 38.3 Å². The van der Waals surface area contributed by atoms with Crippen LogP contribution in [0.4, 0.5) is 5.82 Å². The number of para-hydroxylation sites is 2. The number of rotatable bonds is 8. The van der Waals surface area contributed by atoms with Crippen LogP contribution in [0.5, 0.6) is 0 Å². The average Bonchev–Trinajstić information content (AvgIpc) is 3.33. The summed E-state index contributed by atoms with van der Waals surface area (Å²) in [6.45, 7) is 3.85. The van der Waals surface area contributed by atoms with Gasteiger partial charge in [-0.25, -0.2) is 14.8 Å². The van der Waals surface area contributed by atoms with Crippen LogP contribution in [0.15, 0.2) is 24.3 Å². The van der Waals surface area contributed by atoms with E-state index in [-0.39, 0.29) is 6.10 Å². The summed E-state index contributed by atoms with van der Waals surface area (Å²) in [5.74, 6) is -0.0796. The number of nitrogens with zero attached hydrogens (tertiary/aromatic N) is 3. The Hall–Kier alpha value is -2.67. The molecule has 0 radical (unpaired) electrons. The SMILES string of the molecule is CCCCCCOC(=O)c1c(N)n(C[C@@H]2CCCO2)c2nc3ccccc3nc12. The number of anilines is 1. The van der Waals surface area contributed by atoms with Gasteiger partial charge in [0.2, 0.25) is 0 Å². The molecule has 3 aromatic rings. The molecule has 2 aromatic heterocycles. The van der Waals surface area contributed by atoms with Gasteiger partial charge in [0.15, 0.2) is 5.65 Å². The Kier molecular flexibility index (Phi) is 5.94. The molecular formula is C22H28N4O3. The minimum atomic E-state index is -0.431. The molecule has 1 atom stereocenters. The monoisotopic (exact) mass is 396 g/mol. The predicted octanol–water partition coefficient (Wildman–Crippen LogP) is 4.08. The molecular weight excluding hydrogens is 368 g/mol. The molecule has 0 bridgehead atoms. The van der Waals surface area contributed by atoms with Crippen LogP contribution in [-0.4, -0.2) is 39.8 Å². The summed E-state index contributed by atoms with van der Waals surface area (Å²) in [6, 6.07) is 7.62. The maximum Gasteiger partial charge on any atom is 0.344 e. The van der Waals surface area contributed by atoms with E-state index in [0.29, 0.717) is 35.7 Å². The highest BCUT2D eigenvalue weighted by molar-refractivity contribution is 6.08. The van der Waals surface area contributed by atoms with Gasteiger partial charge in [0.25, 0.3) is 0 Å². The Morgan fingerprint density at radius 1 is 1.24 bits per heavy atom. The number of nitrogens with two attached hydrogens (primary N) is 1. The van der Waals surface area contributed by atoms with Crippen molar-refractivity contribution in [2.24, 2.45) is 0 Å². The second-order valence-corrected chi connectivity index (χ2v) is 7.59. The number of carbonyl (C=O) groups excluding carboxylic acids is 1. The zero-order chi connectivity index (χ0) is 20.2. The lowest BCUT2D eigenvalue weighted by molar-refractivity contribution is 0.0500. The average molecular weight is 396 g/mol. The fraction of sp³-hybridized carbons (Fsp3) is 0.500. The molecule has 1 aliphatic rings. The second-order valence-electron chi connectivity index (χ2n) is 7.59. The van der Waals surface area contributed by atoms with E-state index >= 15 is 0 Å². The number of fused-ring (bicyclic) bond motifs is 2. The van der Waals surface area contributed by atoms with Crippen LogP contribution in [0.25, 0.3) is 22.2 Å². The zero-order valence-corrected chi connectivity index (χ0v) is 16.9. The molecule has 1 aliphatic heterocycles. The lowest BCUT2D eigenvalue weighted by atomic mass is 10.2. The minimum absolute atomic E-state index is 0.0686. The highest BCUT2D eigenvalue weighted by Crippen LogP contribution is 2.30. The van der Waals surface area contributed by atoms with Crippen molar-refractivity contribution in [2.75, 3.05) is 18.9 Å². The van der Waals surface area contributed by atoms with E-state index in [9.17, 15) is 4.79 Å². The molecule has 0 unspecified atom stereocenters. The summed E-state index contributed by atoms with van der Waals surface area (Å²) in [5.41, 5.74) is 9.35. The molecule has 2 N–H and O–H groups in total. The number of ether oxygens (including phenoxy) is 2. The lowest BCUT2D eigenvalue weighted by Crippen LogP contribution is -2.17. The van der Waals surface area contributed by atoms with Crippen molar-refractivity contribution in [1.82, 2.24) is 14.5 Å². The van der Waals surface area contributed by atoms with Crippen LogP contribution in [0, 0.1) is 0 Å². The van der Waals surface area contributed by atoms with E-state index in [2.05, 4.69) is 6.92 Å². The zero-order valence-electron chi connectivity index (χ0n) is 16.9. The maximum atomic E-state index is 12.9. The number of hydrogen-bond acceptors (Lipinski definition) is 6. The molecule has 154 valence electrons. The van der Waals surface area contributed by atoms with Crippen molar-refractivity contribution in [3.05, 3.63) is 29.8 Å². The van der Waals surface area contributed by atoms with E-state index in [1.54, 1.807) is 0 Å². The molecule has 7 nitrogen and oxygen atoms in total. The van der Waals surface area contributed by atoms with E-state index in [4.69, 9.17) is 25.2 Å². The van der Waals surface area contributed by atoms with Crippen LogP contribution in [0.3, 0.4) is 0 Å². The Bertz CT molecular complexity index is 1010. The molecule has 0 amide bonds. The Balaban J connectivity index is 1.70. The molecule has 0 spiro atoms. The van der Waals surface area contributed by atoms with Crippen LogP contribution in [0.2, 0.25) is 0 Å². The molecule has 0 aliphatic carbocycles. The fourth-order valence-electron chi connectivity index (χ4n) is 3.86. The van der Waals surface area contributed by atoms with Gasteiger partial charge in [0.1, 0.15) is 16.9 Å². The van der Waals surface area contributed by atoms with Gasteiger partial charge >= 0.3 is 5.97 Å². The summed E-state index contributed by atoms with van der Waals surface area (Å²) in [5, 5.41) is 0. The smallest absolute Gasteiger partial charge is 0.344 e. The van der Waals surface area contributed by atoms with Crippen LogP contribution in [0.1, 0.15) is 55.8 Å². The number of nitrogen functional groups attached to an aromatic ring is 1. The molecule has 0 saturated carbocycles. The first-order valence-corrected chi connectivity index (χ1v) is 10.5. The minimum Gasteiger partial charge on any atom is -0.462 e. The van der Waals surface area contributed by atoms with Crippen molar-refractivity contribution < 1.29 is 14.3 Å². The van der Waals surface area contributed by atoms with Gasteiger partial charge in [-0.2, -0.15) is 0 Å². The van der Waals surface area contributed by atoms with Gasteiger partial charge < -0.3 is 19.8 Å². The Labute approximate surface area is 170 Å². The van der Waals surface area contributed by atoms with Crippen LogP contribution >= 0.6 is 0 Å². The van der Waals surface area contributed by atoms with Crippen molar-refractivity contribution >= 4 is 34.0 Å². The molecule has 4 rings (SSSR count). The number of aromatic nitrogens is 3. The third-order valence-corrected chi connectivity index (χ3v) is 5.44. The van der Waals surface area contributed by atoms with Crippen LogP contribution < -0.4 is 5.73 Å². The summed E-state index contributed by atoms with van der Waals surface area (Å²) in [6.07, 6.45) is 6.24. The highest BCUT2D eigenvalue weighted by Gasteiger charge is 2.27. The van der Waals surface area contributed by atoms with Gasteiger partial charge in [-0.3, -0.25) is 0 Å². The first-order valence-electron chi connectivity index (χ1n) is 10.5. The molecule has 1 fully saturated rings. The number of benzene rings is 1. The number of unbranched alkanes of at least 4 members (excludes halogenated alkanes) is 3. The van der Waals surface area contributed by atoms with Gasteiger partial charge in [0, 0.05) is 6.61 Å². The summed E-state index contributed by atoms with van der Waals surface area (Å²) in [7, 11) is 0. The van der Waals surface area contributed by atoms with Crippen molar-refractivity contribution in [2.45, 2.75) is 58.1 Å². The third-order valence-electron chi connectivity index (χ3n) is 5.44. The van der Waals surface area contributed by atoms with E-state index in [0.717, 1.165) is 56.2 Å². The predicted molar refractivity (Wildman–Crippen MR) is 113 cm³/mol. The highest BCUT2D eigenvalue weighted by atomic mass is 16.5. The molecule has 7 heteroatoms. The standard InChI is InChI=1S/C22H28N4O3/c1-2-3-4-7-12-29-22(27)18-19-21(25-17-11-6-5-10-16(17)24-19)26(20(18)23)14-15-9-8-13-28-15/h5-6,10-11,15H,2-4,7-9,12-14,23H2,1H3/t15-/m0/s1. The van der Waals surface area contributed by atoms with Crippen molar-refractivity contribution in [3.63, 3.8) is 0 Å². The van der Waals surface area contributed by atoms with Crippen molar-refractivity contribution in [1.29, 1.82) is 0 Å². The molecule has 1 saturated heterocycles. The van der Waals surface area contributed by atoms with Gasteiger partial charge in [0.05, 0.1) is 30.3 Å². The maximum absolute atomic E-state index is 12.9. The summed E-state index contributed by atoms with van der Waals surface area (Å²) < 4.78 is 13.2. The quantitative estimate of drug-likeness (QED) is 0.455. The van der Waals surface area contributed by atoms with E-state index in [1.807, 2.05) is 28.8 Å². The molecule has 3 heterocycles. The van der Waals surface area contributed by atoms with Crippen LogP contribution in [-0.2, 0) is 16.0 Å². The van der Waals surface area contributed by atoms with E-state index in [1.165, 1.54) is 0 Å².